The molecule has 0 spiro atoms. The normalized spacial score (nSPS) is 17.1. The molecule has 0 amide bonds. The Balaban J connectivity index is 2.52. The minimum atomic E-state index is -4.93. The zero-order chi connectivity index (χ0) is 18.9. The molecule has 0 aromatic heterocycles. The van der Waals surface area contributed by atoms with Crippen molar-refractivity contribution in [1.29, 1.82) is 0 Å². The van der Waals surface area contributed by atoms with Gasteiger partial charge in [0.15, 0.2) is 0 Å². The second-order valence-corrected chi connectivity index (χ2v) is 9.97. The molecular formula is C14H15F3N2O4S2. The summed E-state index contributed by atoms with van der Waals surface area (Å²) in [5, 5.41) is -1.03. The first-order chi connectivity index (χ1) is 11.5. The van der Waals surface area contributed by atoms with Gasteiger partial charge >= 0.3 is 10.6 Å². The maximum absolute atomic E-state index is 12.8. The van der Waals surface area contributed by atoms with Crippen molar-refractivity contribution in [2.24, 2.45) is 0 Å². The van der Waals surface area contributed by atoms with Gasteiger partial charge in [-0.3, -0.25) is 0 Å². The number of hydrogen-bond acceptors (Lipinski definition) is 4. The van der Waals surface area contributed by atoms with E-state index in [9.17, 15) is 30.0 Å². The van der Waals surface area contributed by atoms with Gasteiger partial charge in [0.2, 0.25) is 0 Å². The van der Waals surface area contributed by atoms with Gasteiger partial charge in [0, 0.05) is 0 Å². The summed E-state index contributed by atoms with van der Waals surface area (Å²) in [7, 11) is -9.43. The molecule has 0 bridgehead atoms. The van der Waals surface area contributed by atoms with Crippen molar-refractivity contribution >= 4 is 24.1 Å². The molecule has 0 saturated heterocycles. The van der Waals surface area contributed by atoms with E-state index in [4.69, 9.17) is 5.53 Å². The number of rotatable bonds is 2. The molecule has 0 heterocycles. The van der Waals surface area contributed by atoms with Crippen LogP contribution >= 0.6 is 0 Å². The van der Waals surface area contributed by atoms with E-state index in [1.54, 1.807) is 0 Å². The quantitative estimate of drug-likeness (QED) is 0.332. The van der Waals surface area contributed by atoms with Crippen LogP contribution in [0.2, 0.25) is 0 Å². The number of sulfone groups is 2. The van der Waals surface area contributed by atoms with Crippen molar-refractivity contribution < 1.29 is 34.8 Å². The van der Waals surface area contributed by atoms with Gasteiger partial charge in [0.25, 0.3) is 19.7 Å². The lowest BCUT2D eigenvalue weighted by molar-refractivity contribution is -0.137. The van der Waals surface area contributed by atoms with E-state index in [0.29, 0.717) is 25.0 Å². The monoisotopic (exact) mass is 396 g/mol. The van der Waals surface area contributed by atoms with Crippen LogP contribution in [0, 0.1) is 0 Å². The Morgan fingerprint density at radius 2 is 1.68 bits per heavy atom. The third-order valence-corrected chi connectivity index (χ3v) is 8.71. The zero-order valence-electron chi connectivity index (χ0n) is 12.9. The standard InChI is InChI=1S/C14H15F3N2O4S2/c15-14(16,17)10-5-4-8-12(9-10)25(22,23)13(19-18)24(20,21)11-6-2-1-3-7-11/h4-5,8-9,11H,1-3,6-7H2. The van der Waals surface area contributed by atoms with Crippen LogP contribution in [0.25, 0.3) is 5.53 Å². The lowest BCUT2D eigenvalue weighted by Crippen LogP contribution is -2.35. The van der Waals surface area contributed by atoms with Gasteiger partial charge in [-0.2, -0.15) is 13.2 Å². The van der Waals surface area contributed by atoms with E-state index in [1.165, 1.54) is 0 Å². The maximum atomic E-state index is 12.8. The van der Waals surface area contributed by atoms with Crippen LogP contribution < -0.4 is 0 Å². The summed E-state index contributed by atoms with van der Waals surface area (Å²) in [5.41, 5.74) is 7.78. The van der Waals surface area contributed by atoms with Gasteiger partial charge in [-0.05, 0) is 31.0 Å². The molecule has 1 aliphatic carbocycles. The molecule has 1 aromatic carbocycles. The minimum absolute atomic E-state index is 0.208. The molecule has 1 aliphatic rings. The average Bonchev–Trinajstić information content (AvgIpc) is 2.55. The first-order valence-electron chi connectivity index (χ1n) is 7.39. The summed E-state index contributed by atoms with van der Waals surface area (Å²) in [5.74, 6) is 0. The van der Waals surface area contributed by atoms with Crippen molar-refractivity contribution in [3.63, 3.8) is 0 Å². The highest BCUT2D eigenvalue weighted by molar-refractivity contribution is 8.31. The van der Waals surface area contributed by atoms with Gasteiger partial charge < -0.3 is 5.53 Å². The van der Waals surface area contributed by atoms with Crippen LogP contribution in [0.15, 0.2) is 29.2 Å². The summed E-state index contributed by atoms with van der Waals surface area (Å²) in [6.45, 7) is 0. The lowest BCUT2D eigenvalue weighted by Gasteiger charge is -2.19. The van der Waals surface area contributed by atoms with Crippen molar-refractivity contribution in [1.82, 2.24) is 0 Å². The minimum Gasteiger partial charge on any atom is -0.359 e. The zero-order valence-corrected chi connectivity index (χ0v) is 14.5. The third-order valence-electron chi connectivity index (χ3n) is 4.02. The molecule has 2 rings (SSSR count). The predicted molar refractivity (Wildman–Crippen MR) is 83.0 cm³/mol. The van der Waals surface area contributed by atoms with E-state index >= 15 is 0 Å². The number of hydrogen-bond donors (Lipinski definition) is 0. The summed E-state index contributed by atoms with van der Waals surface area (Å²) < 4.78 is 86.8. The average molecular weight is 396 g/mol. The van der Waals surface area contributed by atoms with E-state index < -0.39 is 45.9 Å². The molecule has 1 aromatic rings. The van der Waals surface area contributed by atoms with Crippen molar-refractivity contribution in [2.45, 2.75) is 48.4 Å². The molecule has 11 heteroatoms. The Morgan fingerprint density at radius 3 is 2.20 bits per heavy atom. The Morgan fingerprint density at radius 1 is 1.08 bits per heavy atom. The van der Waals surface area contributed by atoms with Gasteiger partial charge in [0.1, 0.15) is 0 Å². The highest BCUT2D eigenvalue weighted by Crippen LogP contribution is 2.32. The Kier molecular flexibility index (Phi) is 5.41. The van der Waals surface area contributed by atoms with Crippen LogP contribution in [-0.2, 0) is 25.9 Å². The molecule has 25 heavy (non-hydrogen) atoms. The van der Waals surface area contributed by atoms with Crippen LogP contribution in [0.5, 0.6) is 0 Å². The molecule has 138 valence electrons. The Labute approximate surface area is 143 Å². The number of alkyl halides is 3. The summed E-state index contributed by atoms with van der Waals surface area (Å²) in [6.07, 6.45) is -2.43. The van der Waals surface area contributed by atoms with E-state index in [-0.39, 0.29) is 12.8 Å². The molecular weight excluding hydrogens is 381 g/mol. The molecule has 0 N–H and O–H groups in total. The Bertz CT molecular complexity index is 912. The van der Waals surface area contributed by atoms with Crippen LogP contribution in [0.1, 0.15) is 37.7 Å². The molecule has 0 aliphatic heterocycles. The Hall–Kier alpha value is -1.71. The topological polar surface area (TPSA) is 105 Å². The molecule has 6 nitrogen and oxygen atoms in total. The van der Waals surface area contributed by atoms with Crippen LogP contribution in [0.4, 0.5) is 13.2 Å². The summed E-state index contributed by atoms with van der Waals surface area (Å²) in [4.78, 5) is 1.54. The maximum Gasteiger partial charge on any atom is 0.499 e. The second-order valence-electron chi connectivity index (χ2n) is 5.70. The number of nitrogens with zero attached hydrogens (tertiary/aromatic N) is 2. The van der Waals surface area contributed by atoms with Gasteiger partial charge in [-0.1, -0.05) is 25.3 Å². The van der Waals surface area contributed by atoms with E-state index in [1.807, 2.05) is 0 Å². The van der Waals surface area contributed by atoms with Crippen molar-refractivity contribution in [3.05, 3.63) is 35.4 Å². The van der Waals surface area contributed by atoms with E-state index in [2.05, 4.69) is 4.79 Å². The van der Waals surface area contributed by atoms with Crippen LogP contribution in [-0.4, -0.2) is 31.3 Å². The SMILES string of the molecule is [N-]=[N+]=C(S(=O)(=O)c1cccc(C(F)(F)F)c1)S(=O)(=O)C1CCCCC1. The van der Waals surface area contributed by atoms with E-state index in [0.717, 1.165) is 18.6 Å². The molecule has 1 fully saturated rings. The molecule has 1 saturated carbocycles. The lowest BCUT2D eigenvalue weighted by atomic mass is 10.0. The van der Waals surface area contributed by atoms with Gasteiger partial charge in [-0.15, -0.1) is 4.79 Å². The van der Waals surface area contributed by atoms with Crippen LogP contribution in [0.3, 0.4) is 0 Å². The number of benzene rings is 1. The highest BCUT2D eigenvalue weighted by atomic mass is 32.3. The molecule has 0 radical (unpaired) electrons. The van der Waals surface area contributed by atoms with Gasteiger partial charge in [0.05, 0.1) is 15.7 Å². The summed E-state index contributed by atoms with van der Waals surface area (Å²) >= 11 is 0. The fraction of sp³-hybridized carbons (Fsp3) is 0.500. The fourth-order valence-electron chi connectivity index (χ4n) is 2.72. The first kappa shape index (κ1) is 19.6. The third kappa shape index (κ3) is 3.94. The first-order valence-corrected chi connectivity index (χ1v) is 10.4. The fourth-order valence-corrected chi connectivity index (χ4v) is 6.84. The second kappa shape index (κ2) is 6.89. The molecule has 0 unspecified atom stereocenters. The molecule has 0 atom stereocenters. The summed E-state index contributed by atoms with van der Waals surface area (Å²) in [6, 6.07) is 2.64. The van der Waals surface area contributed by atoms with Crippen molar-refractivity contribution in [2.75, 3.05) is 0 Å². The smallest absolute Gasteiger partial charge is 0.359 e. The highest BCUT2D eigenvalue weighted by Gasteiger charge is 2.47. The number of halogens is 3. The van der Waals surface area contributed by atoms with Gasteiger partial charge in [-0.25, -0.2) is 16.8 Å². The van der Waals surface area contributed by atoms with Crippen molar-refractivity contribution in [3.8, 4) is 0 Å². The largest absolute Gasteiger partial charge is 0.499 e. The predicted octanol–water partition coefficient (Wildman–Crippen LogP) is 2.81.